The Morgan fingerprint density at radius 3 is 2.52 bits per heavy atom. The molecule has 2 rings (SSSR count). The van der Waals surface area contributed by atoms with Crippen molar-refractivity contribution in [3.63, 3.8) is 0 Å². The lowest BCUT2D eigenvalue weighted by molar-refractivity contribution is -0.123. The maximum absolute atomic E-state index is 12.4. The number of alkyl carbamates (subject to hydrolysis) is 1. The average molecular weight is 368 g/mol. The Bertz CT molecular complexity index is 697. The van der Waals surface area contributed by atoms with E-state index in [4.69, 9.17) is 4.74 Å². The first kappa shape index (κ1) is 18.9. The van der Waals surface area contributed by atoms with Gasteiger partial charge in [0.25, 0.3) is 5.91 Å². The number of aryl methyl sites for hydroxylation is 1. The van der Waals surface area contributed by atoms with Crippen LogP contribution in [0.2, 0.25) is 0 Å². The van der Waals surface area contributed by atoms with Crippen molar-refractivity contribution in [3.8, 4) is 0 Å². The molecule has 0 bridgehead atoms. The van der Waals surface area contributed by atoms with E-state index >= 15 is 0 Å². The van der Waals surface area contributed by atoms with E-state index in [0.717, 1.165) is 36.1 Å². The number of hydrogen-bond donors (Lipinski definition) is 2. The van der Waals surface area contributed by atoms with Gasteiger partial charge in [-0.25, -0.2) is 9.59 Å². The Labute approximate surface area is 148 Å². The molecule has 0 aliphatic heterocycles. The molecule has 1 aromatic heterocycles. The van der Waals surface area contributed by atoms with Gasteiger partial charge >= 0.3 is 12.1 Å². The molecule has 1 aliphatic rings. The minimum atomic E-state index is -0.893. The molecule has 1 aromatic rings. The van der Waals surface area contributed by atoms with Gasteiger partial charge in [-0.05, 0) is 38.2 Å². The molecule has 0 unspecified atom stereocenters. The Morgan fingerprint density at radius 1 is 1.12 bits per heavy atom. The molecule has 1 aliphatic carbocycles. The number of hydrogen-bond acceptors (Lipinski definition) is 7. The Hall–Kier alpha value is -2.42. The smallest absolute Gasteiger partial charge is 0.413 e. The van der Waals surface area contributed by atoms with Crippen molar-refractivity contribution < 1.29 is 28.7 Å². The summed E-state index contributed by atoms with van der Waals surface area (Å²) in [5.74, 6) is -1.76. The molecule has 0 fully saturated rings. The molecular formula is C16H20N2O6S. The third kappa shape index (κ3) is 5.02. The van der Waals surface area contributed by atoms with Crippen LogP contribution in [0, 0.1) is 0 Å². The van der Waals surface area contributed by atoms with E-state index in [2.05, 4.69) is 10.1 Å². The SMILES string of the molecule is CCOC(=O)NC(=O)COC(=O)c1c(NC(C)=O)sc2c1CCCC2. The molecule has 0 aromatic carbocycles. The van der Waals surface area contributed by atoms with Gasteiger partial charge < -0.3 is 14.8 Å². The number of thiophene rings is 1. The summed E-state index contributed by atoms with van der Waals surface area (Å²) in [5.41, 5.74) is 1.18. The van der Waals surface area contributed by atoms with Crippen LogP contribution in [0.4, 0.5) is 9.80 Å². The Balaban J connectivity index is 2.07. The van der Waals surface area contributed by atoms with Crippen LogP contribution < -0.4 is 10.6 Å². The van der Waals surface area contributed by atoms with Gasteiger partial charge in [-0.2, -0.15) is 0 Å². The quantitative estimate of drug-likeness (QED) is 0.769. The fraction of sp³-hybridized carbons (Fsp3) is 0.500. The lowest BCUT2D eigenvalue weighted by Gasteiger charge is -2.12. The van der Waals surface area contributed by atoms with Gasteiger partial charge in [-0.1, -0.05) is 0 Å². The Morgan fingerprint density at radius 2 is 1.84 bits per heavy atom. The summed E-state index contributed by atoms with van der Waals surface area (Å²) in [6.45, 7) is 2.48. The topological polar surface area (TPSA) is 111 Å². The molecule has 8 nitrogen and oxygen atoms in total. The highest BCUT2D eigenvalue weighted by molar-refractivity contribution is 7.17. The van der Waals surface area contributed by atoms with Crippen LogP contribution in [0.1, 0.15) is 47.5 Å². The second-order valence-electron chi connectivity index (χ2n) is 5.44. The molecule has 0 atom stereocenters. The second-order valence-corrected chi connectivity index (χ2v) is 6.55. The maximum Gasteiger partial charge on any atom is 0.413 e. The van der Waals surface area contributed by atoms with Crippen LogP contribution in [-0.2, 0) is 31.9 Å². The molecule has 0 spiro atoms. The summed E-state index contributed by atoms with van der Waals surface area (Å²) in [6, 6.07) is 0. The van der Waals surface area contributed by atoms with Crippen molar-refractivity contribution in [2.45, 2.75) is 39.5 Å². The van der Waals surface area contributed by atoms with Crippen LogP contribution in [0.25, 0.3) is 0 Å². The molecule has 0 saturated carbocycles. The van der Waals surface area contributed by atoms with Crippen LogP contribution in [-0.4, -0.2) is 37.1 Å². The second kappa shape index (κ2) is 8.61. The van der Waals surface area contributed by atoms with Crippen molar-refractivity contribution >= 4 is 40.2 Å². The van der Waals surface area contributed by atoms with Gasteiger partial charge in [0.2, 0.25) is 5.91 Å². The largest absolute Gasteiger partial charge is 0.452 e. The first-order valence-corrected chi connectivity index (χ1v) is 8.79. The summed E-state index contributed by atoms with van der Waals surface area (Å²) in [6.07, 6.45) is 2.67. The van der Waals surface area contributed by atoms with Crippen molar-refractivity contribution in [1.82, 2.24) is 5.32 Å². The van der Waals surface area contributed by atoms with Crippen LogP contribution in [0.15, 0.2) is 0 Å². The van der Waals surface area contributed by atoms with E-state index in [-0.39, 0.29) is 12.5 Å². The summed E-state index contributed by atoms with van der Waals surface area (Å²) < 4.78 is 9.58. The van der Waals surface area contributed by atoms with Crippen molar-refractivity contribution in [1.29, 1.82) is 0 Å². The lowest BCUT2D eigenvalue weighted by atomic mass is 9.95. The van der Waals surface area contributed by atoms with Crippen LogP contribution >= 0.6 is 11.3 Å². The predicted molar refractivity (Wildman–Crippen MR) is 90.7 cm³/mol. The normalized spacial score (nSPS) is 12.7. The number of carbonyl (C=O) groups excluding carboxylic acids is 4. The molecule has 0 saturated heterocycles. The molecule has 25 heavy (non-hydrogen) atoms. The third-order valence-corrected chi connectivity index (χ3v) is 4.72. The van der Waals surface area contributed by atoms with Crippen molar-refractivity contribution in [2.75, 3.05) is 18.5 Å². The standard InChI is InChI=1S/C16H20N2O6S/c1-3-23-16(22)18-12(20)8-24-15(21)13-10-6-4-5-7-11(10)25-14(13)17-9(2)19/h3-8H2,1-2H3,(H,17,19)(H,18,20,22). The number of anilines is 1. The lowest BCUT2D eigenvalue weighted by Crippen LogP contribution is -2.34. The summed E-state index contributed by atoms with van der Waals surface area (Å²) >= 11 is 1.36. The van der Waals surface area contributed by atoms with Gasteiger partial charge in [-0.15, -0.1) is 11.3 Å². The van der Waals surface area contributed by atoms with Gasteiger partial charge in [0, 0.05) is 11.8 Å². The number of esters is 1. The molecule has 9 heteroatoms. The van der Waals surface area contributed by atoms with E-state index in [9.17, 15) is 19.2 Å². The van der Waals surface area contributed by atoms with E-state index in [0.29, 0.717) is 10.6 Å². The summed E-state index contributed by atoms with van der Waals surface area (Å²) in [5, 5.41) is 5.04. The summed E-state index contributed by atoms with van der Waals surface area (Å²) in [4.78, 5) is 47.6. The fourth-order valence-electron chi connectivity index (χ4n) is 2.55. The number of amides is 3. The first-order valence-electron chi connectivity index (χ1n) is 7.98. The van der Waals surface area contributed by atoms with Crippen LogP contribution in [0.5, 0.6) is 0 Å². The number of carbonyl (C=O) groups is 4. The number of nitrogens with one attached hydrogen (secondary N) is 2. The van der Waals surface area contributed by atoms with Gasteiger partial charge in [0.1, 0.15) is 5.00 Å². The molecule has 1 heterocycles. The van der Waals surface area contributed by atoms with Crippen molar-refractivity contribution in [3.05, 3.63) is 16.0 Å². The highest BCUT2D eigenvalue weighted by Crippen LogP contribution is 2.38. The highest BCUT2D eigenvalue weighted by atomic mass is 32.1. The van der Waals surface area contributed by atoms with E-state index < -0.39 is 24.6 Å². The molecule has 0 radical (unpaired) electrons. The van der Waals surface area contributed by atoms with Gasteiger partial charge in [-0.3, -0.25) is 14.9 Å². The molecule has 2 N–H and O–H groups in total. The maximum atomic E-state index is 12.4. The number of fused-ring (bicyclic) bond motifs is 1. The van der Waals surface area contributed by atoms with Gasteiger partial charge in [0.15, 0.2) is 6.61 Å². The van der Waals surface area contributed by atoms with Crippen molar-refractivity contribution in [2.24, 2.45) is 0 Å². The molecule has 136 valence electrons. The first-order chi connectivity index (χ1) is 11.9. The van der Waals surface area contributed by atoms with Gasteiger partial charge in [0.05, 0.1) is 12.2 Å². The fourth-order valence-corrected chi connectivity index (χ4v) is 3.87. The minimum absolute atomic E-state index is 0.125. The number of rotatable bonds is 5. The monoisotopic (exact) mass is 368 g/mol. The zero-order valence-electron chi connectivity index (χ0n) is 14.1. The van der Waals surface area contributed by atoms with E-state index in [1.165, 1.54) is 18.3 Å². The number of imide groups is 1. The zero-order chi connectivity index (χ0) is 18.4. The highest BCUT2D eigenvalue weighted by Gasteiger charge is 2.27. The zero-order valence-corrected chi connectivity index (χ0v) is 14.9. The third-order valence-electron chi connectivity index (χ3n) is 3.52. The van der Waals surface area contributed by atoms with Crippen LogP contribution in [0.3, 0.4) is 0 Å². The number of ether oxygens (including phenoxy) is 2. The minimum Gasteiger partial charge on any atom is -0.452 e. The van der Waals surface area contributed by atoms with E-state index in [1.54, 1.807) is 6.92 Å². The predicted octanol–water partition coefficient (Wildman–Crippen LogP) is 2.01. The average Bonchev–Trinajstić information content (AvgIpc) is 2.89. The summed E-state index contributed by atoms with van der Waals surface area (Å²) in [7, 11) is 0. The van der Waals surface area contributed by atoms with E-state index in [1.807, 2.05) is 5.32 Å². The molecular weight excluding hydrogens is 348 g/mol. The Kier molecular flexibility index (Phi) is 6.51. The molecule has 3 amide bonds.